The zero-order valence-corrected chi connectivity index (χ0v) is 21.5. The average molecular weight is 516 g/mol. The Kier molecular flexibility index (Phi) is 6.07. The summed E-state index contributed by atoms with van der Waals surface area (Å²) in [6.45, 7) is 0. The summed E-state index contributed by atoms with van der Waals surface area (Å²) in [5, 5.41) is 11.3. The second kappa shape index (κ2) is 10.2. The van der Waals surface area contributed by atoms with Gasteiger partial charge in [0.15, 0.2) is 0 Å². The molecule has 0 aliphatic carbocycles. The van der Waals surface area contributed by atoms with Crippen molar-refractivity contribution in [3.63, 3.8) is 0 Å². The summed E-state index contributed by atoms with van der Waals surface area (Å²) in [6.07, 6.45) is 3.64. The van der Waals surface area contributed by atoms with Crippen molar-refractivity contribution in [2.45, 2.75) is 0 Å². The Hall–Kier alpha value is -5.20. The van der Waals surface area contributed by atoms with Gasteiger partial charge in [-0.15, -0.1) is 0 Å². The van der Waals surface area contributed by atoms with Crippen molar-refractivity contribution in [1.29, 1.82) is 0 Å². The summed E-state index contributed by atoms with van der Waals surface area (Å²) in [6, 6.07) is 41.2. The van der Waals surface area contributed by atoms with Gasteiger partial charge < -0.3 is 14.2 Å². The number of pyridine rings is 2. The van der Waals surface area contributed by atoms with E-state index in [0.717, 1.165) is 61.1 Å². The van der Waals surface area contributed by atoms with Crippen LogP contribution in [0, 0.1) is 0 Å². The monoisotopic (exact) mass is 516 g/mol. The fourth-order valence-corrected chi connectivity index (χ4v) is 5.32. The first-order valence-electron chi connectivity index (χ1n) is 13.0. The van der Waals surface area contributed by atoms with Crippen LogP contribution in [-0.4, -0.2) is 27.2 Å². The lowest BCUT2D eigenvalue weighted by molar-refractivity contribution is 0.454. The van der Waals surface area contributed by atoms with Crippen molar-refractivity contribution in [1.82, 2.24) is 14.5 Å². The fraction of sp³-hybridized carbons (Fsp3) is 0. The molecule has 4 aromatic carbocycles. The Morgan fingerprint density at radius 3 is 1.82 bits per heavy atom. The molecule has 0 aliphatic heterocycles. The smallest absolute Gasteiger partial charge is 0.537 e. The summed E-state index contributed by atoms with van der Waals surface area (Å²) >= 11 is 0. The van der Waals surface area contributed by atoms with E-state index in [4.69, 9.17) is 9.68 Å². The van der Waals surface area contributed by atoms with Crippen LogP contribution in [0.4, 0.5) is 0 Å². The molecule has 0 amide bonds. The molecule has 3 heterocycles. The van der Waals surface area contributed by atoms with Crippen LogP contribution in [0.1, 0.15) is 0 Å². The molecule has 7 aromatic rings. The molecule has 0 aliphatic rings. The maximum atomic E-state index is 9.11. The standard InChI is InChI=1S/C34H23BN3O2/c39-35-40-28-15-16-34-30(22-28)29-7-1-2-10-33(29)38(34)27-13-11-23(12-14-27)24-19-25(31-8-3-5-17-36-31)21-26(20-24)32-9-4-6-18-37-32/h1-22,39H. The Bertz CT molecular complexity index is 1900. The Morgan fingerprint density at radius 1 is 0.550 bits per heavy atom. The van der Waals surface area contributed by atoms with Crippen molar-refractivity contribution in [3.05, 3.63) is 134 Å². The SMILES string of the molecule is O[B]Oc1ccc2c(c1)c1ccccc1n2-c1ccc(-c2cc(-c3ccccn3)cc(-c3ccccn3)c2)cc1. The first-order chi connectivity index (χ1) is 19.8. The second-order valence-corrected chi connectivity index (χ2v) is 9.53. The van der Waals surface area contributed by atoms with Crippen LogP contribution >= 0.6 is 0 Å². The maximum absolute atomic E-state index is 9.11. The normalized spacial score (nSPS) is 11.1. The van der Waals surface area contributed by atoms with Gasteiger partial charge in [0, 0.05) is 40.0 Å². The van der Waals surface area contributed by atoms with Gasteiger partial charge in [-0.2, -0.15) is 0 Å². The van der Waals surface area contributed by atoms with Gasteiger partial charge in [-0.3, -0.25) is 9.97 Å². The Balaban J connectivity index is 1.35. The van der Waals surface area contributed by atoms with Crippen molar-refractivity contribution >= 4 is 29.5 Å². The molecule has 0 atom stereocenters. The fourth-order valence-electron chi connectivity index (χ4n) is 5.32. The first kappa shape index (κ1) is 23.9. The lowest BCUT2D eigenvalue weighted by atomic mass is 9.96. The molecular formula is C34H23BN3O2. The van der Waals surface area contributed by atoms with E-state index in [1.807, 2.05) is 79.1 Å². The topological polar surface area (TPSA) is 60.2 Å². The minimum Gasteiger partial charge on any atom is -0.537 e. The van der Waals surface area contributed by atoms with Gasteiger partial charge in [-0.1, -0.05) is 42.5 Å². The highest BCUT2D eigenvalue weighted by atomic mass is 16.5. The molecular weight excluding hydrogens is 493 g/mol. The molecule has 7 rings (SSSR count). The average Bonchev–Trinajstić information content (AvgIpc) is 3.36. The van der Waals surface area contributed by atoms with Crippen LogP contribution in [0.25, 0.3) is 61.1 Å². The highest BCUT2D eigenvalue weighted by Gasteiger charge is 2.14. The van der Waals surface area contributed by atoms with E-state index in [9.17, 15) is 0 Å². The maximum Gasteiger partial charge on any atom is 0.569 e. The number of nitrogens with zero attached hydrogens (tertiary/aromatic N) is 3. The van der Waals surface area contributed by atoms with Gasteiger partial charge in [0.05, 0.1) is 22.4 Å². The van der Waals surface area contributed by atoms with E-state index in [1.165, 1.54) is 0 Å². The molecule has 0 unspecified atom stereocenters. The third-order valence-electron chi connectivity index (χ3n) is 7.15. The van der Waals surface area contributed by atoms with E-state index < -0.39 is 0 Å². The minimum atomic E-state index is 0.588. The van der Waals surface area contributed by atoms with Crippen LogP contribution in [0.2, 0.25) is 0 Å². The predicted octanol–water partition coefficient (Wildman–Crippen LogP) is 7.48. The lowest BCUT2D eigenvalue weighted by Gasteiger charge is -2.12. The van der Waals surface area contributed by atoms with E-state index in [-0.39, 0.29) is 0 Å². The van der Waals surface area contributed by atoms with Gasteiger partial charge in [0.1, 0.15) is 5.75 Å². The predicted molar refractivity (Wildman–Crippen MR) is 161 cm³/mol. The quantitative estimate of drug-likeness (QED) is 0.233. The molecule has 1 N–H and O–H groups in total. The van der Waals surface area contributed by atoms with Gasteiger partial charge in [0.2, 0.25) is 0 Å². The number of fused-ring (bicyclic) bond motifs is 3. The zero-order chi connectivity index (χ0) is 26.9. The molecule has 0 saturated carbocycles. The number of aromatic nitrogens is 3. The molecule has 0 spiro atoms. The molecule has 5 nitrogen and oxygen atoms in total. The van der Waals surface area contributed by atoms with Crippen molar-refractivity contribution in [2.24, 2.45) is 0 Å². The van der Waals surface area contributed by atoms with Gasteiger partial charge >= 0.3 is 7.69 Å². The summed E-state index contributed by atoms with van der Waals surface area (Å²) in [5.74, 6) is 0.588. The largest absolute Gasteiger partial charge is 0.569 e. The van der Waals surface area contributed by atoms with Crippen LogP contribution in [0.15, 0.2) is 134 Å². The number of hydrogen-bond acceptors (Lipinski definition) is 4. The third kappa shape index (κ3) is 4.30. The van der Waals surface area contributed by atoms with Crippen molar-refractivity contribution < 1.29 is 9.68 Å². The molecule has 6 heteroatoms. The molecule has 40 heavy (non-hydrogen) atoms. The van der Waals surface area contributed by atoms with Crippen LogP contribution < -0.4 is 4.65 Å². The van der Waals surface area contributed by atoms with E-state index >= 15 is 0 Å². The molecule has 0 bridgehead atoms. The van der Waals surface area contributed by atoms with Gasteiger partial charge in [0.25, 0.3) is 0 Å². The molecule has 0 saturated heterocycles. The van der Waals surface area contributed by atoms with E-state index in [2.05, 4.69) is 69.1 Å². The van der Waals surface area contributed by atoms with Crippen molar-refractivity contribution in [3.8, 4) is 45.1 Å². The first-order valence-corrected chi connectivity index (χ1v) is 13.0. The van der Waals surface area contributed by atoms with Gasteiger partial charge in [-0.05, 0) is 90.0 Å². The molecule has 3 aromatic heterocycles. The second-order valence-electron chi connectivity index (χ2n) is 9.53. The molecule has 0 fully saturated rings. The van der Waals surface area contributed by atoms with Crippen molar-refractivity contribution in [2.75, 3.05) is 0 Å². The minimum absolute atomic E-state index is 0.588. The summed E-state index contributed by atoms with van der Waals surface area (Å²) in [4.78, 5) is 9.19. The van der Waals surface area contributed by atoms with E-state index in [1.54, 1.807) is 0 Å². The highest BCUT2D eigenvalue weighted by molar-refractivity contribution is 6.17. The summed E-state index contributed by atoms with van der Waals surface area (Å²) in [5.41, 5.74) is 9.36. The third-order valence-corrected chi connectivity index (χ3v) is 7.15. The van der Waals surface area contributed by atoms with Crippen LogP contribution in [-0.2, 0) is 0 Å². The highest BCUT2D eigenvalue weighted by Crippen LogP contribution is 2.36. The van der Waals surface area contributed by atoms with Crippen LogP contribution in [0.5, 0.6) is 5.75 Å². The number of benzene rings is 4. The summed E-state index contributed by atoms with van der Waals surface area (Å²) in [7, 11) is 0.710. The van der Waals surface area contributed by atoms with Crippen LogP contribution in [0.3, 0.4) is 0 Å². The summed E-state index contributed by atoms with van der Waals surface area (Å²) < 4.78 is 7.49. The number of rotatable bonds is 6. The van der Waals surface area contributed by atoms with Gasteiger partial charge in [-0.25, -0.2) is 0 Å². The van der Waals surface area contributed by atoms with E-state index in [0.29, 0.717) is 13.4 Å². The Labute approximate surface area is 232 Å². The number of hydrogen-bond donors (Lipinski definition) is 1. The molecule has 1 radical (unpaired) electrons. The lowest BCUT2D eigenvalue weighted by Crippen LogP contribution is -1.99. The Morgan fingerprint density at radius 2 is 1.18 bits per heavy atom. The number of para-hydroxylation sites is 1. The zero-order valence-electron chi connectivity index (χ0n) is 21.5. The molecule has 189 valence electrons.